The number of hydrogen-bond donors (Lipinski definition) is 1. The topological polar surface area (TPSA) is 88.4 Å². The molecule has 2 rings (SSSR count). The Morgan fingerprint density at radius 1 is 1.13 bits per heavy atom. The van der Waals surface area contributed by atoms with Gasteiger partial charge in [-0.05, 0) is 36.4 Å². The van der Waals surface area contributed by atoms with Crippen LogP contribution < -0.4 is 10.1 Å². The minimum Gasteiger partial charge on any atom is -0.484 e. The van der Waals surface area contributed by atoms with E-state index in [9.17, 15) is 9.59 Å². The Bertz CT molecular complexity index is 748. The molecular weight excluding hydrogens is 296 g/mol. The molecule has 0 spiro atoms. The number of ether oxygens (including phenoxy) is 2. The number of benzene rings is 2. The third kappa shape index (κ3) is 4.32. The van der Waals surface area contributed by atoms with Crippen molar-refractivity contribution >= 4 is 17.6 Å². The number of methoxy groups -OCH3 is 1. The first-order chi connectivity index (χ1) is 11.1. The molecule has 0 aliphatic carbocycles. The maximum atomic E-state index is 11.9. The number of nitrogens with zero attached hydrogens (tertiary/aromatic N) is 1. The van der Waals surface area contributed by atoms with Gasteiger partial charge in [-0.15, -0.1) is 0 Å². The smallest absolute Gasteiger partial charge is 0.339 e. The highest BCUT2D eigenvalue weighted by Crippen LogP contribution is 2.16. The van der Waals surface area contributed by atoms with Crippen LogP contribution in [0.1, 0.15) is 15.9 Å². The second kappa shape index (κ2) is 7.61. The van der Waals surface area contributed by atoms with Gasteiger partial charge in [0, 0.05) is 0 Å². The predicted octanol–water partition coefficient (Wildman–Crippen LogP) is 2.36. The lowest BCUT2D eigenvalue weighted by molar-refractivity contribution is -0.118. The van der Waals surface area contributed by atoms with Gasteiger partial charge in [0.25, 0.3) is 5.91 Å². The summed E-state index contributed by atoms with van der Waals surface area (Å²) in [6.45, 7) is -0.221. The quantitative estimate of drug-likeness (QED) is 0.856. The Morgan fingerprint density at radius 3 is 2.48 bits per heavy atom. The van der Waals surface area contributed by atoms with E-state index in [-0.39, 0.29) is 12.2 Å². The number of esters is 1. The molecule has 2 aromatic carbocycles. The van der Waals surface area contributed by atoms with E-state index in [0.29, 0.717) is 17.0 Å². The summed E-state index contributed by atoms with van der Waals surface area (Å²) < 4.78 is 9.99. The second-order valence-electron chi connectivity index (χ2n) is 4.51. The van der Waals surface area contributed by atoms with Gasteiger partial charge >= 0.3 is 5.97 Å². The fourth-order valence-electron chi connectivity index (χ4n) is 1.84. The van der Waals surface area contributed by atoms with Crippen molar-refractivity contribution in [3.8, 4) is 11.8 Å². The predicted molar refractivity (Wildman–Crippen MR) is 83.1 cm³/mol. The molecule has 1 N–H and O–H groups in total. The summed E-state index contributed by atoms with van der Waals surface area (Å²) in [4.78, 5) is 23.6. The van der Waals surface area contributed by atoms with E-state index in [1.54, 1.807) is 48.5 Å². The Balaban J connectivity index is 1.97. The summed E-state index contributed by atoms with van der Waals surface area (Å²) in [5, 5.41) is 11.3. The van der Waals surface area contributed by atoms with Crippen molar-refractivity contribution in [3.05, 3.63) is 59.7 Å². The fraction of sp³-hybridized carbons (Fsp3) is 0.118. The normalized spacial score (nSPS) is 9.57. The van der Waals surface area contributed by atoms with Gasteiger partial charge in [-0.3, -0.25) is 4.79 Å². The lowest BCUT2D eigenvalue weighted by Gasteiger charge is -2.10. The molecule has 0 bridgehead atoms. The van der Waals surface area contributed by atoms with Crippen LogP contribution in [0.5, 0.6) is 5.75 Å². The molecule has 2 aromatic rings. The van der Waals surface area contributed by atoms with E-state index < -0.39 is 11.9 Å². The van der Waals surface area contributed by atoms with Gasteiger partial charge in [0.15, 0.2) is 6.61 Å². The largest absolute Gasteiger partial charge is 0.484 e. The molecule has 0 heterocycles. The summed E-state index contributed by atoms with van der Waals surface area (Å²) in [5.41, 5.74) is 1.13. The van der Waals surface area contributed by atoms with Crippen LogP contribution in [0.15, 0.2) is 48.5 Å². The summed E-state index contributed by atoms with van der Waals surface area (Å²) in [5.74, 6) is -0.472. The Labute approximate surface area is 133 Å². The van der Waals surface area contributed by atoms with Gasteiger partial charge in [-0.1, -0.05) is 12.1 Å². The number of carbonyl (C=O) groups excluding carboxylic acids is 2. The highest BCUT2D eigenvalue weighted by molar-refractivity contribution is 6.01. The van der Waals surface area contributed by atoms with Gasteiger partial charge < -0.3 is 14.8 Å². The van der Waals surface area contributed by atoms with Crippen molar-refractivity contribution in [1.82, 2.24) is 0 Å². The number of nitrogens with one attached hydrogen (secondary N) is 1. The maximum Gasteiger partial charge on any atom is 0.339 e. The molecule has 0 radical (unpaired) electrons. The summed E-state index contributed by atoms with van der Waals surface area (Å²) in [7, 11) is 1.27. The van der Waals surface area contributed by atoms with E-state index in [1.807, 2.05) is 6.07 Å². The second-order valence-corrected chi connectivity index (χ2v) is 4.51. The molecule has 0 saturated heterocycles. The van der Waals surface area contributed by atoms with E-state index in [4.69, 9.17) is 10.00 Å². The van der Waals surface area contributed by atoms with Crippen LogP contribution in [0.2, 0.25) is 0 Å². The number of amides is 1. The number of para-hydroxylation sites is 1. The number of carbonyl (C=O) groups is 2. The molecule has 0 aromatic heterocycles. The number of anilines is 1. The average molecular weight is 310 g/mol. The number of hydrogen-bond acceptors (Lipinski definition) is 5. The van der Waals surface area contributed by atoms with Crippen LogP contribution in [0, 0.1) is 11.3 Å². The maximum absolute atomic E-state index is 11.9. The third-order valence-electron chi connectivity index (χ3n) is 2.96. The average Bonchev–Trinajstić information content (AvgIpc) is 2.60. The molecule has 0 unspecified atom stereocenters. The number of rotatable bonds is 5. The minimum absolute atomic E-state index is 0.221. The first-order valence-corrected chi connectivity index (χ1v) is 6.74. The minimum atomic E-state index is -0.533. The lowest BCUT2D eigenvalue weighted by Crippen LogP contribution is -2.21. The summed E-state index contributed by atoms with van der Waals surface area (Å²) in [6.07, 6.45) is 0. The van der Waals surface area contributed by atoms with Gasteiger partial charge in [-0.2, -0.15) is 5.26 Å². The van der Waals surface area contributed by atoms with Gasteiger partial charge in [0.05, 0.1) is 30.0 Å². The molecule has 1 amide bonds. The Morgan fingerprint density at radius 2 is 1.83 bits per heavy atom. The number of nitriles is 1. The van der Waals surface area contributed by atoms with Crippen molar-refractivity contribution in [1.29, 1.82) is 5.26 Å². The third-order valence-corrected chi connectivity index (χ3v) is 2.96. The highest BCUT2D eigenvalue weighted by atomic mass is 16.5. The van der Waals surface area contributed by atoms with Crippen LogP contribution in [-0.2, 0) is 9.53 Å². The van der Waals surface area contributed by atoms with E-state index in [2.05, 4.69) is 10.1 Å². The van der Waals surface area contributed by atoms with E-state index in [1.165, 1.54) is 7.11 Å². The van der Waals surface area contributed by atoms with Gasteiger partial charge in [0.2, 0.25) is 0 Å². The van der Waals surface area contributed by atoms with Gasteiger partial charge in [0.1, 0.15) is 5.75 Å². The zero-order chi connectivity index (χ0) is 16.7. The zero-order valence-corrected chi connectivity index (χ0v) is 12.4. The van der Waals surface area contributed by atoms with Crippen LogP contribution >= 0.6 is 0 Å². The molecule has 0 atom stereocenters. The Kier molecular flexibility index (Phi) is 5.31. The molecule has 6 heteroatoms. The molecule has 0 saturated carbocycles. The van der Waals surface area contributed by atoms with Crippen LogP contribution in [0.25, 0.3) is 0 Å². The van der Waals surface area contributed by atoms with Gasteiger partial charge in [-0.25, -0.2) is 4.79 Å². The van der Waals surface area contributed by atoms with Crippen LogP contribution in [0.4, 0.5) is 5.69 Å². The van der Waals surface area contributed by atoms with E-state index >= 15 is 0 Å². The molecule has 0 fully saturated rings. The van der Waals surface area contributed by atoms with Crippen molar-refractivity contribution in [2.75, 3.05) is 19.0 Å². The molecule has 6 nitrogen and oxygen atoms in total. The Hall–Kier alpha value is -3.33. The monoisotopic (exact) mass is 310 g/mol. The molecule has 116 valence electrons. The highest BCUT2D eigenvalue weighted by Gasteiger charge is 2.13. The SMILES string of the molecule is COC(=O)c1ccccc1NC(=O)COc1ccc(C#N)cc1. The van der Waals surface area contributed by atoms with Crippen molar-refractivity contribution < 1.29 is 19.1 Å². The van der Waals surface area contributed by atoms with Crippen LogP contribution in [-0.4, -0.2) is 25.6 Å². The molecular formula is C17H14N2O4. The first-order valence-electron chi connectivity index (χ1n) is 6.74. The van der Waals surface area contributed by atoms with E-state index in [0.717, 1.165) is 0 Å². The summed E-state index contributed by atoms with van der Waals surface area (Å²) in [6, 6.07) is 14.9. The standard InChI is InChI=1S/C17H14N2O4/c1-22-17(21)14-4-2-3-5-15(14)19-16(20)11-23-13-8-6-12(10-18)7-9-13/h2-9H,11H2,1H3,(H,19,20). The fourth-order valence-corrected chi connectivity index (χ4v) is 1.84. The van der Waals surface area contributed by atoms with Crippen molar-refractivity contribution in [3.63, 3.8) is 0 Å². The molecule has 23 heavy (non-hydrogen) atoms. The molecule has 0 aliphatic heterocycles. The molecule has 0 aliphatic rings. The first kappa shape index (κ1) is 16.0. The zero-order valence-electron chi connectivity index (χ0n) is 12.4. The van der Waals surface area contributed by atoms with Crippen LogP contribution in [0.3, 0.4) is 0 Å². The van der Waals surface area contributed by atoms with Crippen molar-refractivity contribution in [2.45, 2.75) is 0 Å². The summed E-state index contributed by atoms with van der Waals surface area (Å²) >= 11 is 0. The van der Waals surface area contributed by atoms with Crippen molar-refractivity contribution in [2.24, 2.45) is 0 Å². The lowest BCUT2D eigenvalue weighted by atomic mass is 10.2.